The van der Waals surface area contributed by atoms with Crippen LogP contribution in [0.3, 0.4) is 0 Å². The van der Waals surface area contributed by atoms with Crippen LogP contribution in [0, 0.1) is 13.8 Å². The molecular formula is C21H23ClN2O5S. The number of esters is 1. The average molecular weight is 451 g/mol. The van der Waals surface area contributed by atoms with Gasteiger partial charge in [-0.3, -0.25) is 4.79 Å². The Morgan fingerprint density at radius 1 is 1.03 bits per heavy atom. The lowest BCUT2D eigenvalue weighted by Crippen LogP contribution is -2.51. The van der Waals surface area contributed by atoms with Gasteiger partial charge in [0.25, 0.3) is 5.91 Å². The molecule has 1 aliphatic rings. The Bertz CT molecular complexity index is 1060. The maximum Gasteiger partial charge on any atom is 0.338 e. The molecule has 160 valence electrons. The first kappa shape index (κ1) is 22.3. The van der Waals surface area contributed by atoms with Gasteiger partial charge in [0.05, 0.1) is 10.5 Å². The van der Waals surface area contributed by atoms with Gasteiger partial charge in [-0.2, -0.15) is 4.31 Å². The number of nitrogens with zero attached hydrogens (tertiary/aromatic N) is 2. The number of carbonyl (C=O) groups is 2. The lowest BCUT2D eigenvalue weighted by atomic mass is 10.2. The van der Waals surface area contributed by atoms with E-state index in [9.17, 15) is 18.0 Å². The van der Waals surface area contributed by atoms with E-state index in [-0.39, 0.29) is 42.5 Å². The van der Waals surface area contributed by atoms with E-state index >= 15 is 0 Å². The van der Waals surface area contributed by atoms with E-state index in [0.29, 0.717) is 10.6 Å². The number of aryl methyl sites for hydroxylation is 2. The van der Waals surface area contributed by atoms with Crippen LogP contribution < -0.4 is 0 Å². The van der Waals surface area contributed by atoms with Crippen molar-refractivity contribution in [3.63, 3.8) is 0 Å². The third-order valence-corrected chi connectivity index (χ3v) is 7.22. The molecule has 2 aromatic rings. The summed E-state index contributed by atoms with van der Waals surface area (Å²) >= 11 is 5.85. The number of piperazine rings is 1. The highest BCUT2D eigenvalue weighted by Crippen LogP contribution is 2.22. The molecule has 2 aromatic carbocycles. The van der Waals surface area contributed by atoms with Gasteiger partial charge < -0.3 is 9.64 Å². The third kappa shape index (κ3) is 5.00. The molecule has 0 atom stereocenters. The minimum atomic E-state index is -3.63. The van der Waals surface area contributed by atoms with E-state index in [1.807, 2.05) is 13.0 Å². The SMILES string of the molecule is Cc1ccc(S(=O)(=O)N2CCN(C(=O)COC(=O)c3cccc(Cl)c3)CC2)c(C)c1. The molecule has 0 aromatic heterocycles. The predicted molar refractivity (Wildman–Crippen MR) is 113 cm³/mol. The fourth-order valence-corrected chi connectivity index (χ4v) is 5.14. The van der Waals surface area contributed by atoms with E-state index in [1.54, 1.807) is 37.3 Å². The number of halogens is 1. The number of hydrogen-bond donors (Lipinski definition) is 0. The largest absolute Gasteiger partial charge is 0.452 e. The van der Waals surface area contributed by atoms with Crippen LogP contribution in [0.5, 0.6) is 0 Å². The molecule has 1 saturated heterocycles. The Morgan fingerprint density at radius 2 is 1.73 bits per heavy atom. The highest BCUT2D eigenvalue weighted by molar-refractivity contribution is 7.89. The molecule has 1 heterocycles. The van der Waals surface area contributed by atoms with E-state index < -0.39 is 22.6 Å². The maximum absolute atomic E-state index is 12.9. The Balaban J connectivity index is 1.55. The average Bonchev–Trinajstić information content (AvgIpc) is 2.71. The summed E-state index contributed by atoms with van der Waals surface area (Å²) < 4.78 is 32.3. The van der Waals surface area contributed by atoms with Crippen LogP contribution in [0.1, 0.15) is 21.5 Å². The molecule has 0 spiro atoms. The molecule has 9 heteroatoms. The summed E-state index contributed by atoms with van der Waals surface area (Å²) in [5.74, 6) is -1.00. The van der Waals surface area contributed by atoms with Gasteiger partial charge in [0.1, 0.15) is 0 Å². The highest BCUT2D eigenvalue weighted by atomic mass is 35.5. The number of carbonyl (C=O) groups excluding carboxylic acids is 2. The number of sulfonamides is 1. The van der Waals surface area contributed by atoms with Crippen LogP contribution in [-0.2, 0) is 19.6 Å². The third-order valence-electron chi connectivity index (χ3n) is 4.93. The second-order valence-electron chi connectivity index (χ2n) is 7.14. The molecule has 0 N–H and O–H groups in total. The molecule has 7 nitrogen and oxygen atoms in total. The van der Waals surface area contributed by atoms with Gasteiger partial charge in [-0.05, 0) is 43.7 Å². The first-order valence-corrected chi connectivity index (χ1v) is 11.3. The van der Waals surface area contributed by atoms with Crippen molar-refractivity contribution >= 4 is 33.5 Å². The summed E-state index contributed by atoms with van der Waals surface area (Å²) in [5, 5.41) is 0.400. The lowest BCUT2D eigenvalue weighted by molar-refractivity contribution is -0.135. The van der Waals surface area contributed by atoms with Crippen LogP contribution in [0.4, 0.5) is 0 Å². The summed E-state index contributed by atoms with van der Waals surface area (Å²) in [6.45, 7) is 4.11. The van der Waals surface area contributed by atoms with E-state index in [4.69, 9.17) is 16.3 Å². The Hall–Kier alpha value is -2.42. The molecule has 0 unspecified atom stereocenters. The van der Waals surface area contributed by atoms with E-state index in [0.717, 1.165) is 5.56 Å². The molecule has 3 rings (SSSR count). The van der Waals surface area contributed by atoms with Crippen LogP contribution >= 0.6 is 11.6 Å². The Morgan fingerprint density at radius 3 is 2.37 bits per heavy atom. The minimum absolute atomic E-state index is 0.184. The van der Waals surface area contributed by atoms with Crippen molar-refractivity contribution in [3.8, 4) is 0 Å². The zero-order valence-corrected chi connectivity index (χ0v) is 18.4. The fourth-order valence-electron chi connectivity index (χ4n) is 3.32. The quantitative estimate of drug-likeness (QED) is 0.654. The van der Waals surface area contributed by atoms with Gasteiger partial charge in [-0.15, -0.1) is 0 Å². The van der Waals surface area contributed by atoms with Gasteiger partial charge in [-0.1, -0.05) is 35.4 Å². The van der Waals surface area contributed by atoms with Gasteiger partial charge in [-0.25, -0.2) is 13.2 Å². The number of hydrogen-bond acceptors (Lipinski definition) is 5. The van der Waals surface area contributed by atoms with Gasteiger partial charge in [0.15, 0.2) is 6.61 Å². The standard InChI is InChI=1S/C21H23ClN2O5S/c1-15-6-7-19(16(2)12-15)30(27,28)24-10-8-23(9-11-24)20(25)14-29-21(26)17-4-3-5-18(22)13-17/h3-7,12-13H,8-11,14H2,1-2H3. The van der Waals surface area contributed by atoms with Crippen LogP contribution in [0.25, 0.3) is 0 Å². The summed E-state index contributed by atoms with van der Waals surface area (Å²) in [4.78, 5) is 26.2. The molecule has 30 heavy (non-hydrogen) atoms. The number of benzene rings is 2. The molecular weight excluding hydrogens is 428 g/mol. The number of amides is 1. The van der Waals surface area contributed by atoms with Crippen molar-refractivity contribution in [2.24, 2.45) is 0 Å². The van der Waals surface area contributed by atoms with Crippen LogP contribution in [-0.4, -0.2) is 62.3 Å². The monoisotopic (exact) mass is 450 g/mol. The second kappa shape index (κ2) is 9.16. The first-order chi connectivity index (χ1) is 14.2. The Labute approximate surface area is 181 Å². The summed E-state index contributed by atoms with van der Waals surface area (Å²) in [6, 6.07) is 11.5. The summed E-state index contributed by atoms with van der Waals surface area (Å²) in [7, 11) is -3.63. The summed E-state index contributed by atoms with van der Waals surface area (Å²) in [5.41, 5.74) is 1.95. The molecule has 0 aliphatic carbocycles. The molecule has 0 bridgehead atoms. The van der Waals surface area contributed by atoms with Crippen molar-refractivity contribution in [2.45, 2.75) is 18.7 Å². The minimum Gasteiger partial charge on any atom is -0.452 e. The van der Waals surface area contributed by atoms with Crippen molar-refractivity contribution < 1.29 is 22.7 Å². The lowest BCUT2D eigenvalue weighted by Gasteiger charge is -2.34. The molecule has 0 saturated carbocycles. The van der Waals surface area contributed by atoms with Crippen LogP contribution in [0.15, 0.2) is 47.4 Å². The molecule has 1 aliphatic heterocycles. The molecule has 0 radical (unpaired) electrons. The van der Waals surface area contributed by atoms with Crippen molar-refractivity contribution in [1.29, 1.82) is 0 Å². The van der Waals surface area contributed by atoms with Crippen molar-refractivity contribution in [3.05, 3.63) is 64.2 Å². The smallest absolute Gasteiger partial charge is 0.338 e. The highest BCUT2D eigenvalue weighted by Gasteiger charge is 2.31. The predicted octanol–water partition coefficient (Wildman–Crippen LogP) is 2.65. The second-order valence-corrected chi connectivity index (χ2v) is 9.48. The number of rotatable bonds is 5. The fraction of sp³-hybridized carbons (Fsp3) is 0.333. The van der Waals surface area contributed by atoms with Gasteiger partial charge in [0, 0.05) is 31.2 Å². The Kier molecular flexibility index (Phi) is 6.80. The maximum atomic E-state index is 12.9. The van der Waals surface area contributed by atoms with Crippen molar-refractivity contribution in [1.82, 2.24) is 9.21 Å². The topological polar surface area (TPSA) is 84.0 Å². The van der Waals surface area contributed by atoms with Crippen molar-refractivity contribution in [2.75, 3.05) is 32.8 Å². The van der Waals surface area contributed by atoms with Crippen LogP contribution in [0.2, 0.25) is 5.02 Å². The normalized spacial score (nSPS) is 15.1. The zero-order chi connectivity index (χ0) is 21.9. The van der Waals surface area contributed by atoms with Gasteiger partial charge in [0.2, 0.25) is 10.0 Å². The van der Waals surface area contributed by atoms with Gasteiger partial charge >= 0.3 is 5.97 Å². The molecule has 1 fully saturated rings. The first-order valence-electron chi connectivity index (χ1n) is 9.46. The summed E-state index contributed by atoms with van der Waals surface area (Å²) in [6.07, 6.45) is 0. The molecule has 1 amide bonds. The number of ether oxygens (including phenoxy) is 1. The van der Waals surface area contributed by atoms with E-state index in [1.165, 1.54) is 15.3 Å². The zero-order valence-electron chi connectivity index (χ0n) is 16.8. The van der Waals surface area contributed by atoms with E-state index in [2.05, 4.69) is 0 Å².